The SMILES string of the molecule is Cc1[o+]c(-c2ccccc2)cc2ccccc12. The molecule has 1 aromatic heterocycles. The highest BCUT2D eigenvalue weighted by atomic mass is 16.3. The third-order valence-corrected chi connectivity index (χ3v) is 2.95. The van der Waals surface area contributed by atoms with Gasteiger partial charge in [-0.15, -0.1) is 0 Å². The summed E-state index contributed by atoms with van der Waals surface area (Å²) in [4.78, 5) is 0. The lowest BCUT2D eigenvalue weighted by Crippen LogP contribution is -1.82. The van der Waals surface area contributed by atoms with Crippen LogP contribution in [0.4, 0.5) is 0 Å². The van der Waals surface area contributed by atoms with Gasteiger partial charge in [-0.2, -0.15) is 0 Å². The number of fused-ring (bicyclic) bond motifs is 1. The zero-order valence-electron chi connectivity index (χ0n) is 9.68. The first-order valence-corrected chi connectivity index (χ1v) is 5.72. The molecule has 0 atom stereocenters. The number of benzene rings is 2. The van der Waals surface area contributed by atoms with Crippen molar-refractivity contribution in [3.8, 4) is 11.3 Å². The lowest BCUT2D eigenvalue weighted by Gasteiger charge is -1.96. The molecule has 0 aliphatic rings. The van der Waals surface area contributed by atoms with Crippen LogP contribution in [-0.2, 0) is 0 Å². The molecular weight excluding hydrogens is 208 g/mol. The van der Waals surface area contributed by atoms with Crippen LogP contribution >= 0.6 is 0 Å². The van der Waals surface area contributed by atoms with E-state index in [0.29, 0.717) is 0 Å². The van der Waals surface area contributed by atoms with Crippen LogP contribution in [0.5, 0.6) is 0 Å². The molecule has 0 unspecified atom stereocenters. The standard InChI is InChI=1S/C16H13O/c1-12-15-10-6-5-9-14(15)11-16(17-12)13-7-3-2-4-8-13/h2-11H,1H3/q+1. The van der Waals surface area contributed by atoms with Gasteiger partial charge in [0.1, 0.15) is 0 Å². The maximum Gasteiger partial charge on any atom is 0.360 e. The van der Waals surface area contributed by atoms with Gasteiger partial charge < -0.3 is 0 Å². The van der Waals surface area contributed by atoms with Crippen molar-refractivity contribution in [2.45, 2.75) is 6.92 Å². The Labute approximate surface area is 100 Å². The van der Waals surface area contributed by atoms with Crippen molar-refractivity contribution in [1.29, 1.82) is 0 Å². The molecule has 0 aliphatic carbocycles. The molecule has 0 N–H and O–H groups in total. The van der Waals surface area contributed by atoms with Crippen molar-refractivity contribution in [1.82, 2.24) is 0 Å². The highest BCUT2D eigenvalue weighted by molar-refractivity contribution is 5.86. The van der Waals surface area contributed by atoms with Gasteiger partial charge in [-0.05, 0) is 18.2 Å². The van der Waals surface area contributed by atoms with Crippen molar-refractivity contribution < 1.29 is 4.42 Å². The molecule has 0 spiro atoms. The van der Waals surface area contributed by atoms with Gasteiger partial charge in [-0.25, -0.2) is 4.42 Å². The molecule has 3 rings (SSSR count). The van der Waals surface area contributed by atoms with Gasteiger partial charge in [0.15, 0.2) is 0 Å². The van der Waals surface area contributed by atoms with E-state index in [2.05, 4.69) is 36.4 Å². The minimum absolute atomic E-state index is 0.918. The summed E-state index contributed by atoms with van der Waals surface area (Å²) in [6, 6.07) is 20.6. The fraction of sp³-hybridized carbons (Fsp3) is 0.0625. The molecule has 17 heavy (non-hydrogen) atoms. The predicted octanol–water partition coefficient (Wildman–Crippen LogP) is 4.69. The Morgan fingerprint density at radius 1 is 0.824 bits per heavy atom. The van der Waals surface area contributed by atoms with E-state index in [0.717, 1.165) is 17.1 Å². The van der Waals surface area contributed by atoms with Gasteiger partial charge in [0, 0.05) is 5.39 Å². The van der Waals surface area contributed by atoms with Gasteiger partial charge in [-0.1, -0.05) is 36.4 Å². The van der Waals surface area contributed by atoms with E-state index >= 15 is 0 Å². The number of hydrogen-bond acceptors (Lipinski definition) is 0. The molecule has 3 aromatic rings. The first-order chi connectivity index (χ1) is 8.34. The summed E-state index contributed by atoms with van der Waals surface area (Å²) < 4.78 is 5.88. The van der Waals surface area contributed by atoms with Gasteiger partial charge >= 0.3 is 11.5 Å². The van der Waals surface area contributed by atoms with E-state index in [9.17, 15) is 0 Å². The fourth-order valence-corrected chi connectivity index (χ4v) is 2.08. The first-order valence-electron chi connectivity index (χ1n) is 5.72. The van der Waals surface area contributed by atoms with Gasteiger partial charge in [0.25, 0.3) is 0 Å². The monoisotopic (exact) mass is 221 g/mol. The Hall–Kier alpha value is -2.15. The van der Waals surface area contributed by atoms with Crippen LogP contribution in [0.1, 0.15) is 5.76 Å². The molecule has 0 saturated heterocycles. The molecular formula is C16H13O+. The minimum atomic E-state index is 0.918. The Bertz CT molecular complexity index is 657. The summed E-state index contributed by atoms with van der Waals surface area (Å²) in [5.74, 6) is 1.88. The van der Waals surface area contributed by atoms with Gasteiger partial charge in [-0.3, -0.25) is 0 Å². The van der Waals surface area contributed by atoms with Crippen LogP contribution in [0.15, 0.2) is 65.1 Å². The van der Waals surface area contributed by atoms with Crippen LogP contribution in [0, 0.1) is 6.92 Å². The van der Waals surface area contributed by atoms with Crippen molar-refractivity contribution in [3.05, 3.63) is 66.4 Å². The van der Waals surface area contributed by atoms with E-state index in [4.69, 9.17) is 4.42 Å². The maximum atomic E-state index is 5.88. The lowest BCUT2D eigenvalue weighted by molar-refractivity contribution is 0.540. The van der Waals surface area contributed by atoms with Crippen LogP contribution in [0.2, 0.25) is 0 Å². The smallest absolute Gasteiger partial charge is 0.212 e. The highest BCUT2D eigenvalue weighted by Gasteiger charge is 2.16. The second-order valence-corrected chi connectivity index (χ2v) is 4.12. The van der Waals surface area contributed by atoms with E-state index in [-0.39, 0.29) is 0 Å². The molecule has 1 heterocycles. The molecule has 0 radical (unpaired) electrons. The van der Waals surface area contributed by atoms with Crippen LogP contribution in [0.25, 0.3) is 22.1 Å². The molecule has 0 fully saturated rings. The highest BCUT2D eigenvalue weighted by Crippen LogP contribution is 2.27. The van der Waals surface area contributed by atoms with Crippen LogP contribution in [-0.4, -0.2) is 0 Å². The average Bonchev–Trinajstić information content (AvgIpc) is 2.40. The zero-order chi connectivity index (χ0) is 11.7. The lowest BCUT2D eigenvalue weighted by atomic mass is 10.1. The topological polar surface area (TPSA) is 11.3 Å². The quantitative estimate of drug-likeness (QED) is 0.542. The summed E-state index contributed by atoms with van der Waals surface area (Å²) in [5.41, 5.74) is 1.11. The third kappa shape index (κ3) is 1.80. The summed E-state index contributed by atoms with van der Waals surface area (Å²) >= 11 is 0. The second kappa shape index (κ2) is 4.02. The van der Waals surface area contributed by atoms with E-state index in [1.54, 1.807) is 0 Å². The summed E-state index contributed by atoms with van der Waals surface area (Å²) in [6.45, 7) is 2.01. The molecule has 0 saturated carbocycles. The van der Waals surface area contributed by atoms with Crippen molar-refractivity contribution in [2.24, 2.45) is 0 Å². The zero-order valence-corrected chi connectivity index (χ0v) is 9.68. The summed E-state index contributed by atoms with van der Waals surface area (Å²) in [5, 5.41) is 2.39. The Morgan fingerprint density at radius 3 is 2.35 bits per heavy atom. The van der Waals surface area contributed by atoms with E-state index in [1.807, 2.05) is 31.2 Å². The van der Waals surface area contributed by atoms with Crippen molar-refractivity contribution >= 4 is 10.8 Å². The molecule has 2 aromatic carbocycles. The van der Waals surface area contributed by atoms with Crippen LogP contribution in [0.3, 0.4) is 0 Å². The largest absolute Gasteiger partial charge is 0.360 e. The van der Waals surface area contributed by atoms with Gasteiger partial charge in [0.05, 0.1) is 23.9 Å². The molecule has 1 nitrogen and oxygen atoms in total. The van der Waals surface area contributed by atoms with Crippen molar-refractivity contribution in [3.63, 3.8) is 0 Å². The molecule has 0 amide bonds. The fourth-order valence-electron chi connectivity index (χ4n) is 2.08. The number of hydrogen-bond donors (Lipinski definition) is 0. The van der Waals surface area contributed by atoms with Gasteiger partial charge in [0.2, 0.25) is 0 Å². The first kappa shape index (κ1) is 10.0. The second-order valence-electron chi connectivity index (χ2n) is 4.12. The Morgan fingerprint density at radius 2 is 1.53 bits per heavy atom. The predicted molar refractivity (Wildman–Crippen MR) is 70.8 cm³/mol. The minimum Gasteiger partial charge on any atom is -0.212 e. The average molecular weight is 221 g/mol. The number of aryl methyl sites for hydroxylation is 1. The number of rotatable bonds is 1. The molecule has 82 valence electrons. The van der Waals surface area contributed by atoms with Crippen molar-refractivity contribution in [2.75, 3.05) is 0 Å². The normalized spacial score (nSPS) is 10.6. The third-order valence-electron chi connectivity index (χ3n) is 2.95. The van der Waals surface area contributed by atoms with E-state index < -0.39 is 0 Å². The Balaban J connectivity index is 2.26. The maximum absolute atomic E-state index is 5.88. The molecule has 1 heteroatoms. The van der Waals surface area contributed by atoms with Crippen LogP contribution < -0.4 is 0 Å². The summed E-state index contributed by atoms with van der Waals surface area (Å²) in [6.07, 6.45) is 0. The Kier molecular flexibility index (Phi) is 2.37. The van der Waals surface area contributed by atoms with E-state index in [1.165, 1.54) is 10.8 Å². The summed E-state index contributed by atoms with van der Waals surface area (Å²) in [7, 11) is 0. The molecule has 0 aliphatic heterocycles. The molecule has 0 bridgehead atoms.